The highest BCUT2D eigenvalue weighted by Gasteiger charge is 2.22. The van der Waals surface area contributed by atoms with Gasteiger partial charge >= 0.3 is 0 Å². The Morgan fingerprint density at radius 3 is 2.50 bits per heavy atom. The molecule has 1 aliphatic heterocycles. The fourth-order valence-corrected chi connectivity index (χ4v) is 6.71. The van der Waals surface area contributed by atoms with Crippen molar-refractivity contribution >= 4 is 0 Å². The lowest BCUT2D eigenvalue weighted by molar-refractivity contribution is 0.184. The lowest BCUT2D eigenvalue weighted by atomic mass is 9.82. The smallest absolute Gasteiger partial charge is 0.0233 e. The zero-order chi connectivity index (χ0) is 30.3. The number of aryl methyl sites for hydroxylation is 3. The first kappa shape index (κ1) is 33.4. The van der Waals surface area contributed by atoms with E-state index in [0.717, 1.165) is 44.6 Å². The van der Waals surface area contributed by atoms with Crippen LogP contribution in [0.5, 0.6) is 0 Å². The van der Waals surface area contributed by atoms with E-state index in [1.54, 1.807) is 6.20 Å². The number of rotatable bonds is 16. The molecule has 2 N–H and O–H groups in total. The molecule has 0 radical (unpaired) electrons. The van der Waals surface area contributed by atoms with Crippen LogP contribution < -0.4 is 5.73 Å². The Morgan fingerprint density at radius 2 is 1.83 bits per heavy atom. The van der Waals surface area contributed by atoms with Crippen molar-refractivity contribution in [3.05, 3.63) is 131 Å². The summed E-state index contributed by atoms with van der Waals surface area (Å²) in [6, 6.07) is 13.8. The number of hydrogen-bond acceptors (Lipinski definition) is 2. The largest absolute Gasteiger partial charge is 0.405 e. The van der Waals surface area contributed by atoms with E-state index in [-0.39, 0.29) is 0 Å². The Balaban J connectivity index is 1.59. The van der Waals surface area contributed by atoms with E-state index in [2.05, 4.69) is 106 Å². The number of piperidine rings is 1. The normalized spacial score (nSPS) is 16.7. The monoisotopic (exact) mass is 564 g/mol. The van der Waals surface area contributed by atoms with Gasteiger partial charge in [-0.3, -0.25) is 4.90 Å². The van der Waals surface area contributed by atoms with E-state index in [4.69, 9.17) is 5.73 Å². The van der Waals surface area contributed by atoms with Gasteiger partial charge in [-0.2, -0.15) is 0 Å². The molecule has 0 spiro atoms. The summed E-state index contributed by atoms with van der Waals surface area (Å²) in [7, 11) is 0. The van der Waals surface area contributed by atoms with Crippen LogP contribution >= 0.6 is 0 Å². The van der Waals surface area contributed by atoms with Gasteiger partial charge in [0.25, 0.3) is 0 Å². The lowest BCUT2D eigenvalue weighted by Crippen LogP contribution is -2.35. The van der Waals surface area contributed by atoms with Crippen LogP contribution in [-0.2, 0) is 25.7 Å². The molecule has 2 unspecified atom stereocenters. The van der Waals surface area contributed by atoms with Crippen LogP contribution in [0.2, 0.25) is 0 Å². The Labute approximate surface area is 257 Å². The van der Waals surface area contributed by atoms with Crippen molar-refractivity contribution in [1.82, 2.24) is 4.90 Å². The fraction of sp³-hybridized carbons (Fsp3) is 0.450. The molecular weight excluding hydrogens is 508 g/mol. The number of nitrogens with two attached hydrogens (primary N) is 1. The number of allylic oxidation sites excluding steroid dienone is 5. The van der Waals surface area contributed by atoms with E-state index in [1.165, 1.54) is 71.3 Å². The first-order chi connectivity index (χ1) is 20.4. The molecule has 2 heteroatoms. The average Bonchev–Trinajstić information content (AvgIpc) is 3.00. The third-order valence-corrected chi connectivity index (χ3v) is 9.22. The van der Waals surface area contributed by atoms with Gasteiger partial charge in [-0.15, -0.1) is 6.58 Å². The van der Waals surface area contributed by atoms with Gasteiger partial charge in [-0.1, -0.05) is 93.3 Å². The van der Waals surface area contributed by atoms with E-state index in [1.807, 2.05) is 12.2 Å². The molecule has 2 nitrogen and oxygen atoms in total. The zero-order valence-electron chi connectivity index (χ0n) is 27.0. The van der Waals surface area contributed by atoms with Crippen LogP contribution in [-0.4, -0.2) is 24.5 Å². The Morgan fingerprint density at radius 1 is 1.07 bits per heavy atom. The average molecular weight is 565 g/mol. The summed E-state index contributed by atoms with van der Waals surface area (Å²) in [6.07, 6.45) is 23.5. The SMILES string of the molecule is C=C/C=C(\C=C/C)CN1CCC(CC(C=C)Cc2cc(CC)c(CCC(C)c3ccccc3C/C=C\N)cc2C)CC1. The number of benzene rings is 2. The highest BCUT2D eigenvalue weighted by atomic mass is 15.1. The summed E-state index contributed by atoms with van der Waals surface area (Å²) in [5.74, 6) is 1.84. The van der Waals surface area contributed by atoms with Gasteiger partial charge < -0.3 is 5.73 Å². The number of likely N-dealkylation sites (tertiary alicyclic amines) is 1. The lowest BCUT2D eigenvalue weighted by Gasteiger charge is -2.33. The Hall–Kier alpha value is -3.10. The second kappa shape index (κ2) is 17.8. The Kier molecular flexibility index (Phi) is 14.1. The van der Waals surface area contributed by atoms with Crippen LogP contribution in [0, 0.1) is 18.8 Å². The minimum atomic E-state index is 0.515. The van der Waals surface area contributed by atoms with E-state index < -0.39 is 0 Å². The van der Waals surface area contributed by atoms with Crippen LogP contribution in [0.3, 0.4) is 0 Å². The topological polar surface area (TPSA) is 29.3 Å². The molecule has 0 aliphatic carbocycles. The van der Waals surface area contributed by atoms with Crippen molar-refractivity contribution in [1.29, 1.82) is 0 Å². The second-order valence-electron chi connectivity index (χ2n) is 12.3. The quantitative estimate of drug-likeness (QED) is 0.162. The van der Waals surface area contributed by atoms with Crippen molar-refractivity contribution < 1.29 is 0 Å². The molecule has 0 bridgehead atoms. The molecule has 2 atom stereocenters. The minimum absolute atomic E-state index is 0.515. The summed E-state index contributed by atoms with van der Waals surface area (Å²) in [5.41, 5.74) is 15.8. The molecule has 1 fully saturated rings. The summed E-state index contributed by atoms with van der Waals surface area (Å²) in [4.78, 5) is 2.60. The van der Waals surface area contributed by atoms with Gasteiger partial charge in [0, 0.05) is 6.54 Å². The maximum atomic E-state index is 5.62. The van der Waals surface area contributed by atoms with Gasteiger partial charge in [-0.05, 0) is 141 Å². The first-order valence-electron chi connectivity index (χ1n) is 16.3. The highest BCUT2D eigenvalue weighted by molar-refractivity contribution is 5.39. The summed E-state index contributed by atoms with van der Waals surface area (Å²) < 4.78 is 0. The number of nitrogens with zero attached hydrogens (tertiary/aromatic N) is 1. The van der Waals surface area contributed by atoms with Crippen molar-refractivity contribution in [2.24, 2.45) is 17.6 Å². The van der Waals surface area contributed by atoms with Gasteiger partial charge in [0.2, 0.25) is 0 Å². The fourth-order valence-electron chi connectivity index (χ4n) is 6.71. The van der Waals surface area contributed by atoms with Crippen molar-refractivity contribution in [3.8, 4) is 0 Å². The van der Waals surface area contributed by atoms with Crippen LogP contribution in [0.4, 0.5) is 0 Å². The Bertz CT molecular complexity index is 1220. The van der Waals surface area contributed by atoms with Crippen molar-refractivity contribution in [2.45, 2.75) is 85.0 Å². The molecule has 0 aromatic heterocycles. The molecule has 1 aliphatic rings. The standard InChI is InChI=1S/C40H56N2/c1-7-14-35(15-8-2)30-42-24-21-34(22-25-42)27-33(9-3)28-39-29-36(10-4)38(26-32(39)6)20-19-31(5)40-18-12-11-16-37(40)17-13-23-41/h7-9,11-16,18,23,26,29,31,33-34H,1,3,10,17,19-22,24-25,27-28,30,41H2,2,4-6H3/b15-8-,23-13-,35-14+. The summed E-state index contributed by atoms with van der Waals surface area (Å²) in [5, 5.41) is 0. The molecule has 3 rings (SSSR count). The van der Waals surface area contributed by atoms with Crippen molar-refractivity contribution in [3.63, 3.8) is 0 Å². The molecule has 1 saturated heterocycles. The van der Waals surface area contributed by atoms with Crippen LogP contribution in [0.1, 0.15) is 85.8 Å². The molecule has 226 valence electrons. The van der Waals surface area contributed by atoms with Crippen molar-refractivity contribution in [2.75, 3.05) is 19.6 Å². The van der Waals surface area contributed by atoms with Gasteiger partial charge in [0.15, 0.2) is 0 Å². The molecule has 2 aromatic rings. The first-order valence-corrected chi connectivity index (χ1v) is 16.3. The maximum absolute atomic E-state index is 5.62. The minimum Gasteiger partial charge on any atom is -0.405 e. The van der Waals surface area contributed by atoms with Gasteiger partial charge in [-0.25, -0.2) is 0 Å². The van der Waals surface area contributed by atoms with E-state index in [9.17, 15) is 0 Å². The van der Waals surface area contributed by atoms with E-state index >= 15 is 0 Å². The van der Waals surface area contributed by atoms with Gasteiger partial charge in [0.05, 0.1) is 0 Å². The van der Waals surface area contributed by atoms with Gasteiger partial charge in [0.1, 0.15) is 0 Å². The molecule has 0 saturated carbocycles. The molecule has 0 amide bonds. The zero-order valence-corrected chi connectivity index (χ0v) is 27.0. The molecule has 2 aromatic carbocycles. The second-order valence-corrected chi connectivity index (χ2v) is 12.3. The predicted octanol–water partition coefficient (Wildman–Crippen LogP) is 9.44. The van der Waals surface area contributed by atoms with Crippen LogP contribution in [0.15, 0.2) is 97.8 Å². The number of hydrogen-bond donors (Lipinski definition) is 1. The summed E-state index contributed by atoms with van der Waals surface area (Å²) >= 11 is 0. The maximum Gasteiger partial charge on any atom is 0.0233 e. The molecule has 1 heterocycles. The third kappa shape index (κ3) is 10.0. The molecule has 42 heavy (non-hydrogen) atoms. The third-order valence-electron chi connectivity index (χ3n) is 9.22. The molecular formula is C40H56N2. The highest BCUT2D eigenvalue weighted by Crippen LogP contribution is 2.31. The van der Waals surface area contributed by atoms with E-state index in [0.29, 0.717) is 11.8 Å². The summed E-state index contributed by atoms with van der Waals surface area (Å²) in [6.45, 7) is 20.6. The predicted molar refractivity (Wildman–Crippen MR) is 185 cm³/mol. The van der Waals surface area contributed by atoms with Crippen LogP contribution in [0.25, 0.3) is 0 Å².